The lowest BCUT2D eigenvalue weighted by atomic mass is 10.1. The standard InChI is InChI=1S/C13H12F3NO2S/c14-13(15,16)20-8-6-17-12(19)11-5-1-3-10(9-11)4-2-7-18/h1,3,5,9,18H,6-8H2,(H,17,19). The Balaban J connectivity index is 2.51. The molecule has 0 radical (unpaired) electrons. The fourth-order valence-corrected chi connectivity index (χ4v) is 1.75. The number of nitrogens with one attached hydrogen (secondary N) is 1. The number of aliphatic hydroxyl groups is 1. The van der Waals surface area contributed by atoms with Crippen LogP contribution in [-0.2, 0) is 0 Å². The number of carbonyl (C=O) groups is 1. The second-order valence-electron chi connectivity index (χ2n) is 3.59. The van der Waals surface area contributed by atoms with Gasteiger partial charge < -0.3 is 10.4 Å². The summed E-state index contributed by atoms with van der Waals surface area (Å²) in [6.45, 7) is -0.360. The van der Waals surface area contributed by atoms with Crippen LogP contribution >= 0.6 is 11.8 Å². The van der Waals surface area contributed by atoms with Crippen LogP contribution in [0.1, 0.15) is 15.9 Å². The van der Waals surface area contributed by atoms with Crippen molar-refractivity contribution in [3.05, 3.63) is 35.4 Å². The Hall–Kier alpha value is -1.65. The first-order valence-corrected chi connectivity index (χ1v) is 6.59. The zero-order valence-electron chi connectivity index (χ0n) is 10.3. The van der Waals surface area contributed by atoms with Crippen molar-refractivity contribution in [1.82, 2.24) is 5.32 Å². The summed E-state index contributed by atoms with van der Waals surface area (Å²) in [6.07, 6.45) is 0. The zero-order chi connectivity index (χ0) is 15.0. The predicted octanol–water partition coefficient (Wildman–Crippen LogP) is 2.01. The summed E-state index contributed by atoms with van der Waals surface area (Å²) in [5.74, 6) is 4.39. The SMILES string of the molecule is O=C(NCCSC(F)(F)F)c1cccc(C#CCO)c1. The third-order valence-corrected chi connectivity index (χ3v) is 2.83. The number of thioether (sulfide) groups is 1. The topological polar surface area (TPSA) is 49.3 Å². The van der Waals surface area contributed by atoms with Gasteiger partial charge in [0.15, 0.2) is 0 Å². The maximum absolute atomic E-state index is 11.9. The Labute approximate surface area is 118 Å². The van der Waals surface area contributed by atoms with Crippen LogP contribution in [0.4, 0.5) is 13.2 Å². The molecule has 0 aliphatic heterocycles. The molecule has 0 atom stereocenters. The van der Waals surface area contributed by atoms with Crippen LogP contribution in [0.25, 0.3) is 0 Å². The Morgan fingerprint density at radius 1 is 1.40 bits per heavy atom. The van der Waals surface area contributed by atoms with Crippen LogP contribution in [0, 0.1) is 11.8 Å². The number of amides is 1. The van der Waals surface area contributed by atoms with Crippen molar-refractivity contribution in [3.63, 3.8) is 0 Å². The molecule has 0 saturated carbocycles. The van der Waals surface area contributed by atoms with Crippen LogP contribution in [0.5, 0.6) is 0 Å². The first-order valence-electron chi connectivity index (χ1n) is 5.61. The molecule has 20 heavy (non-hydrogen) atoms. The second-order valence-corrected chi connectivity index (χ2v) is 4.75. The van der Waals surface area contributed by atoms with Crippen molar-refractivity contribution in [2.24, 2.45) is 0 Å². The summed E-state index contributed by atoms with van der Waals surface area (Å²) < 4.78 is 35.7. The van der Waals surface area contributed by atoms with Gasteiger partial charge >= 0.3 is 5.51 Å². The van der Waals surface area contributed by atoms with Gasteiger partial charge in [-0.05, 0) is 30.0 Å². The molecule has 0 spiro atoms. The van der Waals surface area contributed by atoms with Gasteiger partial charge in [0.25, 0.3) is 5.91 Å². The lowest BCUT2D eigenvalue weighted by Gasteiger charge is -2.07. The summed E-state index contributed by atoms with van der Waals surface area (Å²) in [5.41, 5.74) is -3.42. The highest BCUT2D eigenvalue weighted by Gasteiger charge is 2.27. The van der Waals surface area contributed by atoms with Crippen molar-refractivity contribution < 1.29 is 23.1 Å². The molecule has 0 bridgehead atoms. The lowest BCUT2D eigenvalue weighted by Crippen LogP contribution is -2.26. The molecular formula is C13H12F3NO2S. The first kappa shape index (κ1) is 16.4. The Morgan fingerprint density at radius 2 is 2.15 bits per heavy atom. The number of halogens is 3. The molecule has 1 aromatic carbocycles. The highest BCUT2D eigenvalue weighted by molar-refractivity contribution is 8.00. The van der Waals surface area contributed by atoms with E-state index in [0.29, 0.717) is 11.1 Å². The molecule has 7 heteroatoms. The van der Waals surface area contributed by atoms with E-state index in [4.69, 9.17) is 5.11 Å². The highest BCUT2D eigenvalue weighted by Crippen LogP contribution is 2.29. The molecule has 1 rings (SSSR count). The smallest absolute Gasteiger partial charge is 0.384 e. The van der Waals surface area contributed by atoms with Gasteiger partial charge in [-0.2, -0.15) is 13.2 Å². The molecule has 0 saturated heterocycles. The van der Waals surface area contributed by atoms with Crippen molar-refractivity contribution in [2.75, 3.05) is 18.9 Å². The normalized spacial score (nSPS) is 10.6. The summed E-state index contributed by atoms with van der Waals surface area (Å²) in [6, 6.07) is 6.32. The summed E-state index contributed by atoms with van der Waals surface area (Å²) >= 11 is -0.180. The molecule has 0 aliphatic carbocycles. The van der Waals surface area contributed by atoms with Crippen LogP contribution in [0.15, 0.2) is 24.3 Å². The van der Waals surface area contributed by atoms with Crippen molar-refractivity contribution in [3.8, 4) is 11.8 Å². The molecule has 0 heterocycles. The van der Waals surface area contributed by atoms with Crippen LogP contribution in [-0.4, -0.2) is 35.4 Å². The van der Waals surface area contributed by atoms with Gasteiger partial charge in [0.1, 0.15) is 6.61 Å². The minimum atomic E-state index is -4.29. The lowest BCUT2D eigenvalue weighted by molar-refractivity contribution is -0.0327. The molecule has 0 unspecified atom stereocenters. The van der Waals surface area contributed by atoms with Crippen LogP contribution in [0.2, 0.25) is 0 Å². The van der Waals surface area contributed by atoms with Crippen LogP contribution < -0.4 is 5.32 Å². The van der Waals surface area contributed by atoms with E-state index >= 15 is 0 Å². The average molecular weight is 303 g/mol. The molecule has 1 amide bonds. The van der Waals surface area contributed by atoms with E-state index in [1.165, 1.54) is 12.1 Å². The van der Waals surface area contributed by atoms with E-state index in [9.17, 15) is 18.0 Å². The van der Waals surface area contributed by atoms with E-state index in [1.54, 1.807) is 12.1 Å². The Bertz CT molecular complexity index is 520. The Morgan fingerprint density at radius 3 is 2.80 bits per heavy atom. The number of hydrogen-bond donors (Lipinski definition) is 2. The number of alkyl halides is 3. The number of hydrogen-bond acceptors (Lipinski definition) is 3. The molecular weight excluding hydrogens is 291 g/mol. The van der Waals surface area contributed by atoms with Gasteiger partial charge in [0.2, 0.25) is 0 Å². The number of aliphatic hydroxyl groups excluding tert-OH is 1. The molecule has 0 aromatic heterocycles. The molecule has 1 aromatic rings. The molecule has 2 N–H and O–H groups in total. The van der Waals surface area contributed by atoms with E-state index in [1.807, 2.05) is 0 Å². The number of rotatable bonds is 4. The van der Waals surface area contributed by atoms with Crippen molar-refractivity contribution in [1.29, 1.82) is 0 Å². The Kier molecular flexibility index (Phi) is 6.42. The van der Waals surface area contributed by atoms with E-state index in [0.717, 1.165) is 0 Å². The van der Waals surface area contributed by atoms with E-state index < -0.39 is 11.4 Å². The van der Waals surface area contributed by atoms with E-state index in [2.05, 4.69) is 17.2 Å². The van der Waals surface area contributed by atoms with Crippen LogP contribution in [0.3, 0.4) is 0 Å². The monoisotopic (exact) mass is 303 g/mol. The second kappa shape index (κ2) is 7.82. The van der Waals surface area contributed by atoms with Gasteiger partial charge in [-0.15, -0.1) is 0 Å². The van der Waals surface area contributed by atoms with Gasteiger partial charge in [0.05, 0.1) is 0 Å². The fraction of sp³-hybridized carbons (Fsp3) is 0.308. The van der Waals surface area contributed by atoms with Gasteiger partial charge in [-0.3, -0.25) is 4.79 Å². The predicted molar refractivity (Wildman–Crippen MR) is 71.3 cm³/mol. The molecule has 3 nitrogen and oxygen atoms in total. The van der Waals surface area contributed by atoms with Crippen molar-refractivity contribution >= 4 is 17.7 Å². The maximum atomic E-state index is 11.9. The first-order chi connectivity index (χ1) is 9.42. The summed E-state index contributed by atoms with van der Waals surface area (Å²) in [4.78, 5) is 11.7. The molecule has 0 fully saturated rings. The quantitative estimate of drug-likeness (QED) is 0.661. The summed E-state index contributed by atoms with van der Waals surface area (Å²) in [5, 5.41) is 11.0. The third kappa shape index (κ3) is 6.50. The molecule has 108 valence electrons. The van der Waals surface area contributed by atoms with Gasteiger partial charge in [-0.1, -0.05) is 17.9 Å². The fourth-order valence-electron chi connectivity index (χ4n) is 1.31. The van der Waals surface area contributed by atoms with Gasteiger partial charge in [0, 0.05) is 23.4 Å². The minimum absolute atomic E-state index is 0.0739. The highest BCUT2D eigenvalue weighted by atomic mass is 32.2. The van der Waals surface area contributed by atoms with E-state index in [-0.39, 0.29) is 30.7 Å². The zero-order valence-corrected chi connectivity index (χ0v) is 11.1. The number of carbonyl (C=O) groups excluding carboxylic acids is 1. The minimum Gasteiger partial charge on any atom is -0.384 e. The third-order valence-electron chi connectivity index (χ3n) is 2.09. The van der Waals surface area contributed by atoms with Crippen molar-refractivity contribution in [2.45, 2.75) is 5.51 Å². The summed E-state index contributed by atoms with van der Waals surface area (Å²) in [7, 11) is 0. The average Bonchev–Trinajstić information content (AvgIpc) is 2.40. The van der Waals surface area contributed by atoms with Gasteiger partial charge in [-0.25, -0.2) is 0 Å². The number of benzene rings is 1. The largest absolute Gasteiger partial charge is 0.441 e. The molecule has 0 aliphatic rings. The maximum Gasteiger partial charge on any atom is 0.441 e.